The monoisotopic (exact) mass is 281 g/mol. The summed E-state index contributed by atoms with van der Waals surface area (Å²) in [6.45, 7) is 0. The molecule has 1 saturated carbocycles. The van der Waals surface area contributed by atoms with Gasteiger partial charge in [-0.25, -0.2) is 0 Å². The van der Waals surface area contributed by atoms with Gasteiger partial charge in [-0.15, -0.1) is 12.6 Å². The van der Waals surface area contributed by atoms with Crippen LogP contribution in [0.2, 0.25) is 0 Å². The van der Waals surface area contributed by atoms with Crippen molar-refractivity contribution < 1.29 is 4.79 Å². The van der Waals surface area contributed by atoms with Crippen LogP contribution in [-0.4, -0.2) is 23.5 Å². The van der Waals surface area contributed by atoms with Crippen molar-refractivity contribution in [3.05, 3.63) is 29.8 Å². The number of amides is 1. The number of nitrogens with one attached hydrogen (secondary N) is 1. The van der Waals surface area contributed by atoms with Crippen molar-refractivity contribution in [2.75, 3.05) is 6.26 Å². The van der Waals surface area contributed by atoms with Crippen LogP contribution in [0.25, 0.3) is 0 Å². The molecule has 1 N–H and O–H groups in total. The molecule has 1 aliphatic carbocycles. The fourth-order valence-corrected chi connectivity index (χ4v) is 3.51. The largest absolute Gasteiger partial charge is 0.352 e. The Morgan fingerprint density at radius 2 is 2.11 bits per heavy atom. The molecule has 1 aromatic carbocycles. The number of benzene rings is 1. The summed E-state index contributed by atoms with van der Waals surface area (Å²) >= 11 is 6.10. The lowest BCUT2D eigenvalue weighted by Gasteiger charge is -2.19. The lowest BCUT2D eigenvalue weighted by molar-refractivity contribution is -0.121. The summed E-state index contributed by atoms with van der Waals surface area (Å²) in [5.74, 6) is 0.132. The molecule has 1 amide bonds. The Kier molecular flexibility index (Phi) is 5.01. The average molecular weight is 281 g/mol. The minimum atomic E-state index is 0.132. The fourth-order valence-electron chi connectivity index (χ4n) is 2.43. The van der Waals surface area contributed by atoms with Gasteiger partial charge in [-0.1, -0.05) is 18.6 Å². The predicted octanol–water partition coefficient (Wildman–Crippen LogP) is 2.92. The molecule has 0 radical (unpaired) electrons. The fraction of sp³-hybridized carbons (Fsp3) is 0.500. The molecule has 1 aromatic rings. The quantitative estimate of drug-likeness (QED) is 0.831. The summed E-state index contributed by atoms with van der Waals surface area (Å²) in [5, 5.41) is 3.76. The molecule has 98 valence electrons. The van der Waals surface area contributed by atoms with E-state index in [0.717, 1.165) is 16.9 Å². The van der Waals surface area contributed by atoms with Gasteiger partial charge in [0.1, 0.15) is 0 Å². The molecular weight excluding hydrogens is 262 g/mol. The Hall–Kier alpha value is -0.610. The first-order valence-corrected chi connectivity index (χ1v) is 8.02. The van der Waals surface area contributed by atoms with E-state index in [0.29, 0.717) is 17.7 Å². The van der Waals surface area contributed by atoms with Gasteiger partial charge >= 0.3 is 0 Å². The third-order valence-electron chi connectivity index (χ3n) is 3.40. The van der Waals surface area contributed by atoms with Crippen molar-refractivity contribution in [2.45, 2.75) is 41.9 Å². The van der Waals surface area contributed by atoms with Gasteiger partial charge in [-0.05, 0) is 36.8 Å². The van der Waals surface area contributed by atoms with Crippen molar-refractivity contribution in [3.63, 3.8) is 0 Å². The van der Waals surface area contributed by atoms with Crippen molar-refractivity contribution in [1.82, 2.24) is 5.32 Å². The molecule has 2 atom stereocenters. The molecular formula is C14H19NOS2. The van der Waals surface area contributed by atoms with Crippen LogP contribution in [0.4, 0.5) is 0 Å². The molecule has 2 nitrogen and oxygen atoms in total. The highest BCUT2D eigenvalue weighted by Gasteiger charge is 2.27. The van der Waals surface area contributed by atoms with Crippen molar-refractivity contribution in [3.8, 4) is 0 Å². The summed E-state index contributed by atoms with van der Waals surface area (Å²) in [6, 6.07) is 8.13. The number of hydrogen-bond acceptors (Lipinski definition) is 3. The molecule has 2 rings (SSSR count). The van der Waals surface area contributed by atoms with E-state index in [9.17, 15) is 4.79 Å². The third kappa shape index (κ3) is 3.69. The average Bonchev–Trinajstić information content (AvgIpc) is 2.79. The Bertz CT molecular complexity index is 405. The van der Waals surface area contributed by atoms with Crippen molar-refractivity contribution in [2.24, 2.45) is 0 Å². The number of carbonyl (C=O) groups is 1. The molecule has 0 saturated heterocycles. The molecule has 0 aliphatic heterocycles. The summed E-state index contributed by atoms with van der Waals surface area (Å²) < 4.78 is 0. The van der Waals surface area contributed by atoms with Crippen LogP contribution in [0.15, 0.2) is 29.2 Å². The van der Waals surface area contributed by atoms with Gasteiger partial charge in [0.2, 0.25) is 5.91 Å². The predicted molar refractivity (Wildman–Crippen MR) is 80.5 cm³/mol. The lowest BCUT2D eigenvalue weighted by atomic mass is 10.1. The second-order valence-electron chi connectivity index (χ2n) is 4.72. The molecule has 0 heterocycles. The second-order valence-corrected chi connectivity index (χ2v) is 6.32. The minimum absolute atomic E-state index is 0.132. The van der Waals surface area contributed by atoms with Crippen LogP contribution in [0, 0.1) is 0 Å². The topological polar surface area (TPSA) is 29.1 Å². The SMILES string of the molecule is CSC1CCCC1NC(=O)Cc1ccc(S)cc1. The zero-order chi connectivity index (χ0) is 13.0. The van der Waals surface area contributed by atoms with Crippen molar-refractivity contribution >= 4 is 30.3 Å². The second kappa shape index (κ2) is 6.53. The van der Waals surface area contributed by atoms with Crippen LogP contribution in [0.3, 0.4) is 0 Å². The summed E-state index contributed by atoms with van der Waals surface area (Å²) in [4.78, 5) is 12.9. The van der Waals surface area contributed by atoms with Gasteiger partial charge in [0.25, 0.3) is 0 Å². The van der Waals surface area contributed by atoms with E-state index in [2.05, 4.69) is 24.2 Å². The Labute approximate surface area is 118 Å². The van der Waals surface area contributed by atoms with Crippen LogP contribution in [0.5, 0.6) is 0 Å². The van der Waals surface area contributed by atoms with Gasteiger partial charge in [0.15, 0.2) is 0 Å². The molecule has 0 aromatic heterocycles. The first-order chi connectivity index (χ1) is 8.69. The highest BCUT2D eigenvalue weighted by atomic mass is 32.2. The van der Waals surface area contributed by atoms with Gasteiger partial charge in [0, 0.05) is 16.2 Å². The molecule has 2 unspecified atom stereocenters. The number of hydrogen-bond donors (Lipinski definition) is 2. The Morgan fingerprint density at radius 1 is 1.39 bits per heavy atom. The highest BCUT2D eigenvalue weighted by Crippen LogP contribution is 2.28. The van der Waals surface area contributed by atoms with E-state index in [4.69, 9.17) is 0 Å². The van der Waals surface area contributed by atoms with Crippen LogP contribution < -0.4 is 5.32 Å². The standard InChI is InChI=1S/C14H19NOS2/c1-18-13-4-2-3-12(13)15-14(16)9-10-5-7-11(17)8-6-10/h5-8,12-13,17H,2-4,9H2,1H3,(H,15,16). The third-order valence-corrected chi connectivity index (χ3v) is 4.87. The van der Waals surface area contributed by atoms with E-state index in [1.165, 1.54) is 12.8 Å². The lowest BCUT2D eigenvalue weighted by Crippen LogP contribution is -2.39. The number of thioether (sulfide) groups is 1. The van der Waals surface area contributed by atoms with Crippen LogP contribution in [-0.2, 0) is 11.2 Å². The highest BCUT2D eigenvalue weighted by molar-refractivity contribution is 7.99. The van der Waals surface area contributed by atoms with E-state index < -0.39 is 0 Å². The summed E-state index contributed by atoms with van der Waals surface area (Å²) in [6.07, 6.45) is 6.16. The maximum atomic E-state index is 12.0. The van der Waals surface area contributed by atoms with E-state index in [1.54, 1.807) is 0 Å². The Balaban J connectivity index is 1.86. The Morgan fingerprint density at radius 3 is 2.78 bits per heavy atom. The van der Waals surface area contributed by atoms with E-state index in [1.807, 2.05) is 36.0 Å². The normalized spacial score (nSPS) is 23.0. The first-order valence-electron chi connectivity index (χ1n) is 6.29. The molecule has 0 bridgehead atoms. The minimum Gasteiger partial charge on any atom is -0.352 e. The van der Waals surface area contributed by atoms with E-state index in [-0.39, 0.29) is 5.91 Å². The van der Waals surface area contributed by atoms with Gasteiger partial charge in [-0.2, -0.15) is 11.8 Å². The molecule has 1 fully saturated rings. The van der Waals surface area contributed by atoms with Gasteiger partial charge in [-0.3, -0.25) is 4.79 Å². The van der Waals surface area contributed by atoms with Gasteiger partial charge in [0.05, 0.1) is 6.42 Å². The van der Waals surface area contributed by atoms with E-state index >= 15 is 0 Å². The van der Waals surface area contributed by atoms with Crippen LogP contribution >= 0.6 is 24.4 Å². The van der Waals surface area contributed by atoms with Crippen molar-refractivity contribution in [1.29, 1.82) is 0 Å². The summed E-state index contributed by atoms with van der Waals surface area (Å²) in [7, 11) is 0. The molecule has 1 aliphatic rings. The van der Waals surface area contributed by atoms with Gasteiger partial charge < -0.3 is 5.32 Å². The molecule has 0 spiro atoms. The maximum absolute atomic E-state index is 12.0. The van der Waals surface area contributed by atoms with Crippen LogP contribution in [0.1, 0.15) is 24.8 Å². The smallest absolute Gasteiger partial charge is 0.224 e. The molecule has 18 heavy (non-hydrogen) atoms. The molecule has 4 heteroatoms. The number of rotatable bonds is 4. The zero-order valence-corrected chi connectivity index (χ0v) is 12.3. The summed E-state index contributed by atoms with van der Waals surface area (Å²) in [5.41, 5.74) is 1.05. The maximum Gasteiger partial charge on any atom is 0.224 e. The first kappa shape index (κ1) is 13.8. The number of thiol groups is 1. The number of carbonyl (C=O) groups excluding carboxylic acids is 1. The zero-order valence-electron chi connectivity index (χ0n) is 10.6.